The van der Waals surface area contributed by atoms with Crippen molar-refractivity contribution in [3.05, 3.63) is 17.7 Å². The quantitative estimate of drug-likeness (QED) is 0.703. The first-order valence-electron chi connectivity index (χ1n) is 7.04. The van der Waals surface area contributed by atoms with Crippen molar-refractivity contribution in [1.29, 1.82) is 0 Å². The second kappa shape index (κ2) is 6.80. The highest BCUT2D eigenvalue weighted by Gasteiger charge is 2.15. The number of aryl methyl sites for hydroxylation is 1. The maximum Gasteiger partial charge on any atom is 0.0850 e. The van der Waals surface area contributed by atoms with Gasteiger partial charge in [-0.3, -0.25) is 0 Å². The van der Waals surface area contributed by atoms with E-state index in [1.807, 2.05) is 21.6 Å². The van der Waals surface area contributed by atoms with Crippen molar-refractivity contribution in [3.63, 3.8) is 0 Å². The molecular weight excluding hydrogens is 272 g/mol. The zero-order chi connectivity index (χ0) is 13.8. The van der Waals surface area contributed by atoms with E-state index in [-0.39, 0.29) is 0 Å². The minimum atomic E-state index is 0.655. The second-order valence-electron chi connectivity index (χ2n) is 5.70. The van der Waals surface area contributed by atoms with Crippen LogP contribution in [0, 0.1) is 5.92 Å². The molecule has 0 spiro atoms. The van der Waals surface area contributed by atoms with Crippen LogP contribution >= 0.6 is 21.6 Å². The first-order valence-corrected chi connectivity index (χ1v) is 9.25. The smallest absolute Gasteiger partial charge is 0.0850 e. The van der Waals surface area contributed by atoms with Gasteiger partial charge in [0.2, 0.25) is 0 Å². The summed E-state index contributed by atoms with van der Waals surface area (Å²) in [6.07, 6.45) is 2.43. The van der Waals surface area contributed by atoms with E-state index in [2.05, 4.69) is 50.5 Å². The SMILES string of the molecule is CC(C)CCc1cc2c(cc1SSC(C)C)NCN2. The van der Waals surface area contributed by atoms with Crippen molar-refractivity contribution in [1.82, 2.24) is 0 Å². The van der Waals surface area contributed by atoms with Crippen molar-refractivity contribution < 1.29 is 0 Å². The van der Waals surface area contributed by atoms with Crippen LogP contribution in [0.15, 0.2) is 17.0 Å². The van der Waals surface area contributed by atoms with Crippen molar-refractivity contribution in [2.75, 3.05) is 17.3 Å². The van der Waals surface area contributed by atoms with Crippen LogP contribution < -0.4 is 10.6 Å². The molecule has 106 valence electrons. The molecule has 2 N–H and O–H groups in total. The van der Waals surface area contributed by atoms with Gasteiger partial charge >= 0.3 is 0 Å². The second-order valence-corrected chi connectivity index (χ2v) is 8.52. The van der Waals surface area contributed by atoms with Gasteiger partial charge < -0.3 is 10.6 Å². The molecule has 1 aliphatic heterocycles. The van der Waals surface area contributed by atoms with Crippen molar-refractivity contribution >= 4 is 33.0 Å². The van der Waals surface area contributed by atoms with Crippen LogP contribution in [-0.2, 0) is 6.42 Å². The molecule has 0 radical (unpaired) electrons. The van der Waals surface area contributed by atoms with E-state index in [0.717, 1.165) is 12.6 Å². The first-order chi connectivity index (χ1) is 9.06. The lowest BCUT2D eigenvalue weighted by Crippen LogP contribution is -1.99. The minimum absolute atomic E-state index is 0.655. The van der Waals surface area contributed by atoms with Crippen molar-refractivity contribution in [2.45, 2.75) is 50.7 Å². The molecule has 1 heterocycles. The van der Waals surface area contributed by atoms with Crippen molar-refractivity contribution in [2.24, 2.45) is 5.92 Å². The van der Waals surface area contributed by atoms with Crippen LogP contribution in [-0.4, -0.2) is 11.9 Å². The summed E-state index contributed by atoms with van der Waals surface area (Å²) in [6.45, 7) is 9.94. The summed E-state index contributed by atoms with van der Waals surface area (Å²) in [5.74, 6) is 0.759. The molecule has 2 rings (SSSR count). The molecular formula is C15H24N2S2. The van der Waals surface area contributed by atoms with Crippen LogP contribution in [0.2, 0.25) is 0 Å². The van der Waals surface area contributed by atoms with Gasteiger partial charge in [-0.2, -0.15) is 0 Å². The van der Waals surface area contributed by atoms with Crippen LogP contribution in [0.5, 0.6) is 0 Å². The molecule has 0 amide bonds. The maximum atomic E-state index is 3.39. The molecule has 1 aromatic rings. The zero-order valence-electron chi connectivity index (χ0n) is 12.2. The predicted molar refractivity (Wildman–Crippen MR) is 90.3 cm³/mol. The average molecular weight is 297 g/mol. The highest BCUT2D eigenvalue weighted by molar-refractivity contribution is 8.76. The summed E-state index contributed by atoms with van der Waals surface area (Å²) in [5, 5.41) is 7.43. The van der Waals surface area contributed by atoms with Crippen LogP contribution in [0.25, 0.3) is 0 Å². The lowest BCUT2D eigenvalue weighted by molar-refractivity contribution is 0.584. The zero-order valence-corrected chi connectivity index (χ0v) is 13.9. The lowest BCUT2D eigenvalue weighted by atomic mass is 10.0. The molecule has 0 bridgehead atoms. The van der Waals surface area contributed by atoms with Gasteiger partial charge in [-0.05, 0) is 36.5 Å². The summed E-state index contributed by atoms with van der Waals surface area (Å²) in [5.41, 5.74) is 4.00. The molecule has 0 saturated heterocycles. The predicted octanol–water partition coefficient (Wildman–Crippen LogP) is 5.22. The van der Waals surface area contributed by atoms with Gasteiger partial charge in [0, 0.05) is 10.1 Å². The van der Waals surface area contributed by atoms with Gasteiger partial charge in [-0.1, -0.05) is 49.3 Å². The first kappa shape index (κ1) is 14.9. The van der Waals surface area contributed by atoms with E-state index in [4.69, 9.17) is 0 Å². The number of fused-ring (bicyclic) bond motifs is 1. The van der Waals surface area contributed by atoms with Gasteiger partial charge in [0.25, 0.3) is 0 Å². The standard InChI is InChI=1S/C15H24N2S2/c1-10(2)5-6-12-7-13-14(17-9-16-13)8-15(12)19-18-11(3)4/h7-8,10-11,16-17H,5-6,9H2,1-4H3. The van der Waals surface area contributed by atoms with Crippen LogP contribution in [0.1, 0.15) is 39.7 Å². The molecule has 2 nitrogen and oxygen atoms in total. The third-order valence-electron chi connectivity index (χ3n) is 3.08. The Morgan fingerprint density at radius 1 is 1.11 bits per heavy atom. The van der Waals surface area contributed by atoms with Gasteiger partial charge in [-0.25, -0.2) is 0 Å². The minimum Gasteiger partial charge on any atom is -0.366 e. The lowest BCUT2D eigenvalue weighted by Gasteiger charge is -2.13. The van der Waals surface area contributed by atoms with Crippen LogP contribution in [0.4, 0.5) is 11.4 Å². The summed E-state index contributed by atoms with van der Waals surface area (Å²) < 4.78 is 0. The van der Waals surface area contributed by atoms with E-state index in [9.17, 15) is 0 Å². The highest BCUT2D eigenvalue weighted by Crippen LogP contribution is 2.41. The molecule has 1 aromatic carbocycles. The molecule has 0 aliphatic carbocycles. The van der Waals surface area contributed by atoms with Gasteiger partial charge in [-0.15, -0.1) is 0 Å². The number of hydrogen-bond donors (Lipinski definition) is 2. The molecule has 19 heavy (non-hydrogen) atoms. The van der Waals surface area contributed by atoms with Gasteiger partial charge in [0.05, 0.1) is 18.0 Å². The third kappa shape index (κ3) is 4.25. The fourth-order valence-corrected chi connectivity index (χ4v) is 4.10. The molecule has 0 fully saturated rings. The van der Waals surface area contributed by atoms with Gasteiger partial charge in [0.15, 0.2) is 0 Å². The molecule has 0 atom stereocenters. The van der Waals surface area contributed by atoms with Crippen molar-refractivity contribution in [3.8, 4) is 0 Å². The number of anilines is 2. The van der Waals surface area contributed by atoms with Crippen LogP contribution in [0.3, 0.4) is 0 Å². The Bertz CT molecular complexity index is 391. The number of nitrogens with one attached hydrogen (secondary N) is 2. The highest BCUT2D eigenvalue weighted by atomic mass is 33.1. The Hall–Kier alpha value is -0.480. The Balaban J connectivity index is 2.16. The number of benzene rings is 1. The van der Waals surface area contributed by atoms with E-state index in [0.29, 0.717) is 5.25 Å². The molecule has 4 heteroatoms. The topological polar surface area (TPSA) is 24.1 Å². The Morgan fingerprint density at radius 3 is 2.42 bits per heavy atom. The number of rotatable bonds is 6. The largest absolute Gasteiger partial charge is 0.366 e. The summed E-state index contributed by atoms with van der Waals surface area (Å²) in [4.78, 5) is 1.43. The maximum absolute atomic E-state index is 3.39. The fraction of sp³-hybridized carbons (Fsp3) is 0.600. The summed E-state index contributed by atoms with van der Waals surface area (Å²) >= 11 is 0. The summed E-state index contributed by atoms with van der Waals surface area (Å²) in [7, 11) is 3.87. The number of hydrogen-bond acceptors (Lipinski definition) is 4. The normalized spacial score (nSPS) is 13.6. The third-order valence-corrected chi connectivity index (χ3v) is 6.10. The molecule has 0 saturated carbocycles. The van der Waals surface area contributed by atoms with E-state index in [1.54, 1.807) is 0 Å². The fourth-order valence-electron chi connectivity index (χ4n) is 2.02. The van der Waals surface area contributed by atoms with E-state index >= 15 is 0 Å². The summed E-state index contributed by atoms with van der Waals surface area (Å²) in [6, 6.07) is 4.64. The Labute approximate surface area is 124 Å². The van der Waals surface area contributed by atoms with Gasteiger partial charge in [0.1, 0.15) is 0 Å². The molecule has 0 aromatic heterocycles. The van der Waals surface area contributed by atoms with E-state index in [1.165, 1.54) is 34.7 Å². The Morgan fingerprint density at radius 2 is 1.79 bits per heavy atom. The Kier molecular flexibility index (Phi) is 5.34. The van der Waals surface area contributed by atoms with E-state index < -0.39 is 0 Å². The molecule has 1 aliphatic rings. The average Bonchev–Trinajstić information content (AvgIpc) is 2.79. The molecule has 0 unspecified atom stereocenters. The monoisotopic (exact) mass is 296 g/mol.